The van der Waals surface area contributed by atoms with Gasteiger partial charge >= 0.3 is 5.97 Å². The van der Waals surface area contributed by atoms with E-state index in [4.69, 9.17) is 9.47 Å². The molecule has 212 valence electrons. The number of nitrogens with zero attached hydrogens (tertiary/aromatic N) is 5. The maximum absolute atomic E-state index is 12.9. The number of fused-ring (bicyclic) bond motifs is 3. The number of ether oxygens (including phenoxy) is 2. The number of hydrogen-bond acceptors (Lipinski definition) is 9. The molecule has 6 rings (SSSR count). The van der Waals surface area contributed by atoms with Gasteiger partial charge in [0.15, 0.2) is 0 Å². The van der Waals surface area contributed by atoms with Gasteiger partial charge < -0.3 is 14.6 Å². The second-order valence-electron chi connectivity index (χ2n) is 10.7. The first-order valence-corrected chi connectivity index (χ1v) is 14.7. The number of benzene rings is 2. The maximum atomic E-state index is 12.9. The standard InChI is InChI=1S/C31H33N5O4S/c1-5-39-29(38)14-24(23-6-7-26-30(19(23)3)33-34-35(26)4)21-12-20-10-11-41-31(20)22(13-21)16-36-15-18(2)40-27-8-9-28(37)32-25(27)17-36/h6-13,18,24H,5,14-17H2,1-4H3,(H,32,37)/t18-,24?/m1/s1. The molecule has 4 heterocycles. The van der Waals surface area contributed by atoms with Gasteiger partial charge in [-0.3, -0.25) is 9.69 Å². The van der Waals surface area contributed by atoms with Crippen LogP contribution in [0.4, 0.5) is 0 Å². The smallest absolute Gasteiger partial charge is 0.306 e. The van der Waals surface area contributed by atoms with Gasteiger partial charge in [-0.05, 0) is 78.1 Å². The molecule has 2 atom stereocenters. The Morgan fingerprint density at radius 1 is 1.24 bits per heavy atom. The van der Waals surface area contributed by atoms with Crippen LogP contribution in [0.15, 0.2) is 47.8 Å². The fourth-order valence-corrected chi connectivity index (χ4v) is 6.76. The summed E-state index contributed by atoms with van der Waals surface area (Å²) in [6, 6.07) is 14.0. The van der Waals surface area contributed by atoms with Crippen LogP contribution in [0.2, 0.25) is 0 Å². The van der Waals surface area contributed by atoms with Crippen molar-refractivity contribution in [2.45, 2.75) is 52.3 Å². The molecule has 0 saturated heterocycles. The predicted molar refractivity (Wildman–Crippen MR) is 158 cm³/mol. The molecule has 0 fully saturated rings. The highest BCUT2D eigenvalue weighted by Gasteiger charge is 2.26. The minimum Gasteiger partial charge on any atom is -0.493 e. The van der Waals surface area contributed by atoms with Crippen LogP contribution in [0.5, 0.6) is 11.6 Å². The van der Waals surface area contributed by atoms with Gasteiger partial charge in [0.25, 0.3) is 0 Å². The minimum absolute atomic E-state index is 0.0123. The van der Waals surface area contributed by atoms with Gasteiger partial charge in [0, 0.05) is 43.4 Å². The van der Waals surface area contributed by atoms with Crippen molar-refractivity contribution in [2.75, 3.05) is 13.2 Å². The number of carbonyl (C=O) groups is 1. The van der Waals surface area contributed by atoms with Crippen molar-refractivity contribution in [3.8, 4) is 11.6 Å². The molecule has 0 spiro atoms. The molecule has 2 aromatic carbocycles. The molecule has 1 unspecified atom stereocenters. The monoisotopic (exact) mass is 571 g/mol. The summed E-state index contributed by atoms with van der Waals surface area (Å²) < 4.78 is 14.5. The summed E-state index contributed by atoms with van der Waals surface area (Å²) in [5, 5.41) is 21.9. The van der Waals surface area contributed by atoms with Crippen LogP contribution in [-0.4, -0.2) is 55.2 Å². The summed E-state index contributed by atoms with van der Waals surface area (Å²) >= 11 is 1.72. The zero-order chi connectivity index (χ0) is 28.7. The fourth-order valence-electron chi connectivity index (χ4n) is 5.87. The maximum Gasteiger partial charge on any atom is 0.306 e. The third-order valence-electron chi connectivity index (χ3n) is 7.71. The average molecular weight is 572 g/mol. The number of esters is 1. The van der Waals surface area contributed by atoms with Crippen LogP contribution < -0.4 is 4.74 Å². The third-order valence-corrected chi connectivity index (χ3v) is 8.72. The van der Waals surface area contributed by atoms with Crippen molar-refractivity contribution < 1.29 is 19.4 Å². The van der Waals surface area contributed by atoms with Gasteiger partial charge in [0.2, 0.25) is 5.88 Å². The van der Waals surface area contributed by atoms with Crippen molar-refractivity contribution in [3.05, 3.63) is 75.8 Å². The van der Waals surface area contributed by atoms with Crippen LogP contribution in [0.3, 0.4) is 0 Å². The van der Waals surface area contributed by atoms with Gasteiger partial charge in [-0.15, -0.1) is 16.4 Å². The summed E-state index contributed by atoms with van der Waals surface area (Å²) in [5.41, 5.74) is 6.79. The molecule has 0 aliphatic carbocycles. The first-order chi connectivity index (χ1) is 19.8. The van der Waals surface area contributed by atoms with Gasteiger partial charge in [0.05, 0.1) is 18.5 Å². The number of pyridine rings is 1. The lowest BCUT2D eigenvalue weighted by atomic mass is 9.84. The van der Waals surface area contributed by atoms with Crippen LogP contribution in [0, 0.1) is 6.92 Å². The van der Waals surface area contributed by atoms with E-state index in [1.54, 1.807) is 28.2 Å². The molecule has 0 bridgehead atoms. The van der Waals surface area contributed by atoms with E-state index in [9.17, 15) is 9.90 Å². The summed E-state index contributed by atoms with van der Waals surface area (Å²) in [4.78, 5) is 19.6. The second kappa shape index (κ2) is 11.1. The molecule has 0 saturated carbocycles. The quantitative estimate of drug-likeness (QED) is 0.257. The zero-order valence-corrected chi connectivity index (χ0v) is 24.4. The Labute approximate surface area is 242 Å². The van der Waals surface area contributed by atoms with E-state index in [1.165, 1.54) is 10.3 Å². The topological polar surface area (TPSA) is 103 Å². The predicted octanol–water partition coefficient (Wildman–Crippen LogP) is 5.46. The molecule has 3 aromatic heterocycles. The Morgan fingerprint density at radius 3 is 2.93 bits per heavy atom. The molecule has 1 N–H and O–H groups in total. The molecular formula is C31H33N5O4S. The molecule has 0 amide bonds. The van der Waals surface area contributed by atoms with E-state index >= 15 is 0 Å². The normalized spacial score (nSPS) is 16.3. The lowest BCUT2D eigenvalue weighted by Crippen LogP contribution is -2.30. The largest absolute Gasteiger partial charge is 0.493 e. The van der Waals surface area contributed by atoms with Gasteiger partial charge in [-0.25, -0.2) is 9.67 Å². The molecule has 1 aliphatic heterocycles. The van der Waals surface area contributed by atoms with E-state index in [1.807, 2.05) is 33.9 Å². The number of hydrogen-bond donors (Lipinski definition) is 1. The van der Waals surface area contributed by atoms with E-state index in [2.05, 4.69) is 49.8 Å². The van der Waals surface area contributed by atoms with Crippen LogP contribution in [-0.2, 0) is 29.7 Å². The van der Waals surface area contributed by atoms with Gasteiger partial charge in [0.1, 0.15) is 23.1 Å². The molecular weight excluding hydrogens is 538 g/mol. The second-order valence-corrected chi connectivity index (χ2v) is 11.6. The highest BCUT2D eigenvalue weighted by atomic mass is 32.1. The van der Waals surface area contributed by atoms with E-state index < -0.39 is 0 Å². The number of thiophene rings is 1. The van der Waals surface area contributed by atoms with Crippen molar-refractivity contribution in [1.29, 1.82) is 0 Å². The summed E-state index contributed by atoms with van der Waals surface area (Å²) in [6.07, 6.45) is 0.184. The molecule has 41 heavy (non-hydrogen) atoms. The Hall–Kier alpha value is -4.02. The molecule has 10 heteroatoms. The first kappa shape index (κ1) is 27.2. The summed E-state index contributed by atoms with van der Waals surface area (Å²) in [6.45, 7) is 8.20. The lowest BCUT2D eigenvalue weighted by Gasteiger charge is -2.24. The van der Waals surface area contributed by atoms with Crippen LogP contribution in [0.25, 0.3) is 21.1 Å². The highest BCUT2D eigenvalue weighted by molar-refractivity contribution is 7.17. The van der Waals surface area contributed by atoms with E-state index in [0.29, 0.717) is 32.0 Å². The number of rotatable bonds is 7. The fraction of sp³-hybridized carbons (Fsp3) is 0.355. The number of carbonyl (C=O) groups excluding carboxylic acids is 1. The Bertz CT molecular complexity index is 1750. The number of aromatic hydroxyl groups is 1. The van der Waals surface area contributed by atoms with Crippen molar-refractivity contribution >= 4 is 38.4 Å². The summed E-state index contributed by atoms with van der Waals surface area (Å²) in [5.74, 6) is 0.247. The Balaban J connectivity index is 1.42. The SMILES string of the molecule is CCOC(=O)CC(c1cc(CN2Cc3nc(O)ccc3O[C@H](C)C2)c2sccc2c1)c1ccc2c(nnn2C)c1C. The van der Waals surface area contributed by atoms with Crippen molar-refractivity contribution in [2.24, 2.45) is 7.05 Å². The lowest BCUT2D eigenvalue weighted by molar-refractivity contribution is -0.143. The average Bonchev–Trinajstić information content (AvgIpc) is 3.53. The molecule has 0 radical (unpaired) electrons. The minimum atomic E-state index is -0.232. The van der Waals surface area contributed by atoms with Crippen LogP contribution >= 0.6 is 11.3 Å². The van der Waals surface area contributed by atoms with Crippen molar-refractivity contribution in [3.63, 3.8) is 0 Å². The van der Waals surface area contributed by atoms with Gasteiger partial charge in [-0.2, -0.15) is 0 Å². The Morgan fingerprint density at radius 2 is 2.10 bits per heavy atom. The molecule has 1 aliphatic rings. The van der Waals surface area contributed by atoms with Gasteiger partial charge in [-0.1, -0.05) is 17.3 Å². The number of aryl methyl sites for hydroxylation is 2. The molecule has 9 nitrogen and oxygen atoms in total. The first-order valence-electron chi connectivity index (χ1n) is 13.8. The van der Waals surface area contributed by atoms with Crippen LogP contribution in [0.1, 0.15) is 54.1 Å². The number of aromatic nitrogens is 4. The summed E-state index contributed by atoms with van der Waals surface area (Å²) in [7, 11) is 1.88. The highest BCUT2D eigenvalue weighted by Crippen LogP contribution is 2.38. The van der Waals surface area contributed by atoms with E-state index in [0.717, 1.165) is 38.8 Å². The molecule has 5 aromatic rings. The van der Waals surface area contributed by atoms with E-state index in [-0.39, 0.29) is 30.3 Å². The van der Waals surface area contributed by atoms with Crippen molar-refractivity contribution in [1.82, 2.24) is 24.9 Å². The third kappa shape index (κ3) is 5.37. The zero-order valence-electron chi connectivity index (χ0n) is 23.6. The Kier molecular flexibility index (Phi) is 7.35.